The molecule has 0 unspecified atom stereocenters. The maximum atomic E-state index is 13.8. The van der Waals surface area contributed by atoms with Crippen molar-refractivity contribution in [2.75, 3.05) is 31.1 Å². The molecule has 1 atom stereocenters. The first kappa shape index (κ1) is 15.4. The molecule has 0 spiro atoms. The molecular formula is C18H19FN4. The van der Waals surface area contributed by atoms with Gasteiger partial charge in [-0.15, -0.1) is 0 Å². The zero-order valence-corrected chi connectivity index (χ0v) is 13.1. The summed E-state index contributed by atoms with van der Waals surface area (Å²) in [6.07, 6.45) is 1.63. The van der Waals surface area contributed by atoms with Gasteiger partial charge in [0.15, 0.2) is 11.6 Å². The molecule has 5 heteroatoms. The minimum absolute atomic E-state index is 0.235. The van der Waals surface area contributed by atoms with Crippen LogP contribution in [0.1, 0.15) is 24.1 Å². The summed E-state index contributed by atoms with van der Waals surface area (Å²) in [5.41, 5.74) is 1.82. The van der Waals surface area contributed by atoms with Gasteiger partial charge in [-0.25, -0.2) is 9.37 Å². The second-order valence-electron chi connectivity index (χ2n) is 5.75. The third-order valence-electron chi connectivity index (χ3n) is 4.40. The van der Waals surface area contributed by atoms with Crippen molar-refractivity contribution in [3.63, 3.8) is 0 Å². The number of hydrogen-bond donors (Lipinski definition) is 0. The average molecular weight is 310 g/mol. The number of nitrogens with zero attached hydrogens (tertiary/aromatic N) is 4. The lowest BCUT2D eigenvalue weighted by molar-refractivity contribution is 0.197. The first-order chi connectivity index (χ1) is 11.2. The van der Waals surface area contributed by atoms with Crippen LogP contribution in [0.25, 0.3) is 0 Å². The van der Waals surface area contributed by atoms with Gasteiger partial charge in [0.1, 0.15) is 0 Å². The smallest absolute Gasteiger partial charge is 0.165 e. The molecule has 23 heavy (non-hydrogen) atoms. The van der Waals surface area contributed by atoms with E-state index >= 15 is 0 Å². The number of aromatic nitrogens is 1. The lowest BCUT2D eigenvalue weighted by atomic mass is 10.0. The molecule has 118 valence electrons. The number of halogens is 1. The SMILES string of the molecule is C[C@H](c1cccc(C#N)c1)N1CCN(c2ncccc2F)CC1. The molecule has 0 bridgehead atoms. The van der Waals surface area contributed by atoms with Gasteiger partial charge in [0.25, 0.3) is 0 Å². The standard InChI is InChI=1S/C18H19FN4/c1-14(16-5-2-4-15(12-16)13-20)22-8-10-23(11-9-22)18-17(19)6-3-7-21-18/h2-7,12,14H,8-11H2,1H3/t14-/m1/s1. The minimum atomic E-state index is -0.268. The number of piperazine rings is 1. The van der Waals surface area contributed by atoms with Crippen molar-refractivity contribution >= 4 is 5.82 Å². The van der Waals surface area contributed by atoms with Crippen molar-refractivity contribution in [3.05, 3.63) is 59.5 Å². The summed E-state index contributed by atoms with van der Waals surface area (Å²) in [6.45, 7) is 5.32. The van der Waals surface area contributed by atoms with E-state index in [4.69, 9.17) is 5.26 Å². The molecule has 1 aromatic heterocycles. The molecule has 4 nitrogen and oxygen atoms in total. The minimum Gasteiger partial charge on any atom is -0.352 e. The third-order valence-corrected chi connectivity index (χ3v) is 4.40. The molecule has 1 aromatic carbocycles. The molecule has 0 amide bonds. The van der Waals surface area contributed by atoms with Crippen LogP contribution in [0, 0.1) is 17.1 Å². The van der Waals surface area contributed by atoms with Gasteiger partial charge >= 0.3 is 0 Å². The summed E-state index contributed by atoms with van der Waals surface area (Å²) in [5, 5.41) is 9.03. The van der Waals surface area contributed by atoms with E-state index in [0.717, 1.165) is 31.7 Å². The van der Waals surface area contributed by atoms with Gasteiger partial charge < -0.3 is 4.90 Å². The summed E-state index contributed by atoms with van der Waals surface area (Å²) in [5.74, 6) is 0.169. The Balaban J connectivity index is 1.67. The number of rotatable bonds is 3. The fourth-order valence-corrected chi connectivity index (χ4v) is 3.01. The predicted octanol–water partition coefficient (Wildman–Crippen LogP) is 2.98. The fraction of sp³-hybridized carbons (Fsp3) is 0.333. The summed E-state index contributed by atoms with van der Waals surface area (Å²) in [4.78, 5) is 8.49. The van der Waals surface area contributed by atoms with Crippen molar-refractivity contribution in [1.29, 1.82) is 5.26 Å². The van der Waals surface area contributed by atoms with Crippen molar-refractivity contribution in [2.45, 2.75) is 13.0 Å². The van der Waals surface area contributed by atoms with E-state index in [1.54, 1.807) is 12.3 Å². The fourth-order valence-electron chi connectivity index (χ4n) is 3.01. The predicted molar refractivity (Wildman–Crippen MR) is 87.6 cm³/mol. The quantitative estimate of drug-likeness (QED) is 0.874. The normalized spacial score (nSPS) is 16.8. The van der Waals surface area contributed by atoms with Crippen LogP contribution in [0.5, 0.6) is 0 Å². The Hall–Kier alpha value is -2.45. The largest absolute Gasteiger partial charge is 0.352 e. The molecule has 0 radical (unpaired) electrons. The molecule has 1 fully saturated rings. The van der Waals surface area contributed by atoms with Crippen molar-refractivity contribution in [3.8, 4) is 6.07 Å². The van der Waals surface area contributed by atoms with Crippen LogP contribution in [0.2, 0.25) is 0 Å². The van der Waals surface area contributed by atoms with E-state index in [1.165, 1.54) is 6.07 Å². The van der Waals surface area contributed by atoms with E-state index in [9.17, 15) is 4.39 Å². The van der Waals surface area contributed by atoms with Crippen LogP contribution in [0.15, 0.2) is 42.6 Å². The van der Waals surface area contributed by atoms with Crippen LogP contribution in [-0.2, 0) is 0 Å². The highest BCUT2D eigenvalue weighted by atomic mass is 19.1. The van der Waals surface area contributed by atoms with Crippen LogP contribution in [0.4, 0.5) is 10.2 Å². The molecule has 1 aliphatic rings. The zero-order valence-electron chi connectivity index (χ0n) is 13.1. The van der Waals surface area contributed by atoms with Crippen molar-refractivity contribution in [1.82, 2.24) is 9.88 Å². The number of anilines is 1. The van der Waals surface area contributed by atoms with E-state index < -0.39 is 0 Å². The van der Waals surface area contributed by atoms with Gasteiger partial charge in [-0.05, 0) is 36.8 Å². The Morgan fingerprint density at radius 1 is 1.17 bits per heavy atom. The summed E-state index contributed by atoms with van der Waals surface area (Å²) in [6, 6.07) is 13.2. The topological polar surface area (TPSA) is 43.2 Å². The first-order valence-electron chi connectivity index (χ1n) is 7.78. The van der Waals surface area contributed by atoms with Crippen molar-refractivity contribution < 1.29 is 4.39 Å². The monoisotopic (exact) mass is 310 g/mol. The molecule has 0 N–H and O–H groups in total. The highest BCUT2D eigenvalue weighted by Crippen LogP contribution is 2.24. The molecule has 1 aliphatic heterocycles. The third kappa shape index (κ3) is 3.33. The van der Waals surface area contributed by atoms with Gasteiger partial charge in [0.05, 0.1) is 11.6 Å². The molecule has 0 aliphatic carbocycles. The Kier molecular flexibility index (Phi) is 4.54. The summed E-state index contributed by atoms with van der Waals surface area (Å²) < 4.78 is 13.8. The maximum Gasteiger partial charge on any atom is 0.165 e. The number of benzene rings is 1. The van der Waals surface area contributed by atoms with Gasteiger partial charge in [-0.1, -0.05) is 12.1 Å². The highest BCUT2D eigenvalue weighted by Gasteiger charge is 2.24. The van der Waals surface area contributed by atoms with E-state index in [0.29, 0.717) is 11.4 Å². The number of pyridine rings is 1. The van der Waals surface area contributed by atoms with Gasteiger partial charge in [-0.2, -0.15) is 5.26 Å². The number of nitriles is 1. The average Bonchev–Trinajstić information content (AvgIpc) is 2.62. The molecule has 2 aromatic rings. The maximum absolute atomic E-state index is 13.8. The first-order valence-corrected chi connectivity index (χ1v) is 7.78. The number of hydrogen-bond acceptors (Lipinski definition) is 4. The highest BCUT2D eigenvalue weighted by molar-refractivity contribution is 5.40. The Morgan fingerprint density at radius 3 is 2.65 bits per heavy atom. The Labute approximate surface area is 135 Å². The van der Waals surface area contributed by atoms with Crippen molar-refractivity contribution in [2.24, 2.45) is 0 Å². The molecular weight excluding hydrogens is 291 g/mol. The van der Waals surface area contributed by atoms with E-state index in [1.807, 2.05) is 23.1 Å². The second kappa shape index (κ2) is 6.76. The summed E-state index contributed by atoms with van der Waals surface area (Å²) >= 11 is 0. The Bertz CT molecular complexity index is 717. The Morgan fingerprint density at radius 2 is 1.96 bits per heavy atom. The van der Waals surface area contributed by atoms with Crippen LogP contribution in [0.3, 0.4) is 0 Å². The van der Waals surface area contributed by atoms with Crippen LogP contribution < -0.4 is 4.90 Å². The zero-order chi connectivity index (χ0) is 16.2. The van der Waals surface area contributed by atoms with E-state index in [-0.39, 0.29) is 11.9 Å². The van der Waals surface area contributed by atoms with Crippen LogP contribution >= 0.6 is 0 Å². The lowest BCUT2D eigenvalue weighted by Crippen LogP contribution is -2.47. The second-order valence-corrected chi connectivity index (χ2v) is 5.75. The molecule has 0 saturated carbocycles. The van der Waals surface area contributed by atoms with Gasteiger partial charge in [-0.3, -0.25) is 4.90 Å². The molecule has 2 heterocycles. The summed E-state index contributed by atoms with van der Waals surface area (Å²) in [7, 11) is 0. The van der Waals surface area contributed by atoms with Gasteiger partial charge in [0, 0.05) is 38.4 Å². The molecule has 3 rings (SSSR count). The lowest BCUT2D eigenvalue weighted by Gasteiger charge is -2.38. The van der Waals surface area contributed by atoms with Crippen LogP contribution in [-0.4, -0.2) is 36.1 Å². The van der Waals surface area contributed by atoms with E-state index in [2.05, 4.69) is 28.9 Å². The van der Waals surface area contributed by atoms with Gasteiger partial charge in [0.2, 0.25) is 0 Å². The molecule has 1 saturated heterocycles.